The monoisotopic (exact) mass is 626 g/mol. The summed E-state index contributed by atoms with van der Waals surface area (Å²) in [5.41, 5.74) is 3.54. The first-order valence-corrected chi connectivity index (χ1v) is 15.9. The minimum atomic E-state index is -0.677. The number of carbonyl (C=O) groups is 1. The van der Waals surface area contributed by atoms with Crippen LogP contribution >= 0.6 is 11.3 Å². The van der Waals surface area contributed by atoms with Crippen LogP contribution in [-0.4, -0.2) is 37.5 Å². The van der Waals surface area contributed by atoms with Crippen LogP contribution in [0, 0.1) is 0 Å². The highest BCUT2D eigenvalue weighted by Gasteiger charge is 2.33. The van der Waals surface area contributed by atoms with Gasteiger partial charge in [-0.25, -0.2) is 9.79 Å². The van der Waals surface area contributed by atoms with E-state index in [1.165, 1.54) is 16.9 Å². The molecule has 0 spiro atoms. The molecule has 0 amide bonds. The van der Waals surface area contributed by atoms with Crippen LogP contribution in [0.15, 0.2) is 93.9 Å². The third-order valence-electron chi connectivity index (χ3n) is 7.81. The SMILES string of the molecule is CCOC(=O)C1=C(C)N=c2s/c(=C/c3ccc(OCCOc4ccc(C(C)CC)cc4)cc3)c(=O)n2C1c1ccc(OC)cc1. The molecule has 0 saturated carbocycles. The lowest BCUT2D eigenvalue weighted by Gasteiger charge is -2.24. The number of carbonyl (C=O) groups excluding carboxylic acids is 1. The van der Waals surface area contributed by atoms with E-state index in [-0.39, 0.29) is 12.2 Å². The smallest absolute Gasteiger partial charge is 0.338 e. The Hall–Kier alpha value is -4.63. The number of hydrogen-bond donors (Lipinski definition) is 0. The summed E-state index contributed by atoms with van der Waals surface area (Å²) in [6.07, 6.45) is 2.93. The molecule has 4 aromatic rings. The average molecular weight is 627 g/mol. The fourth-order valence-corrected chi connectivity index (χ4v) is 6.20. The fourth-order valence-electron chi connectivity index (χ4n) is 5.15. The topological polar surface area (TPSA) is 88.4 Å². The molecule has 2 atom stereocenters. The number of thiazole rings is 1. The Morgan fingerprint density at radius 3 is 2.11 bits per heavy atom. The molecule has 2 heterocycles. The van der Waals surface area contributed by atoms with E-state index < -0.39 is 12.0 Å². The van der Waals surface area contributed by atoms with Crippen molar-refractivity contribution >= 4 is 23.4 Å². The Labute approximate surface area is 266 Å². The number of methoxy groups -OCH3 is 1. The second-order valence-corrected chi connectivity index (χ2v) is 11.7. The first-order valence-electron chi connectivity index (χ1n) is 15.1. The molecule has 9 heteroatoms. The van der Waals surface area contributed by atoms with Crippen LogP contribution in [0.5, 0.6) is 17.2 Å². The van der Waals surface area contributed by atoms with Crippen molar-refractivity contribution in [3.8, 4) is 17.2 Å². The van der Waals surface area contributed by atoms with Crippen LogP contribution in [-0.2, 0) is 9.53 Å². The third kappa shape index (κ3) is 7.20. The Kier molecular flexibility index (Phi) is 10.2. The predicted octanol–water partition coefficient (Wildman–Crippen LogP) is 5.78. The van der Waals surface area contributed by atoms with E-state index in [0.29, 0.717) is 51.2 Å². The van der Waals surface area contributed by atoms with Gasteiger partial charge in [-0.3, -0.25) is 9.36 Å². The predicted molar refractivity (Wildman–Crippen MR) is 176 cm³/mol. The van der Waals surface area contributed by atoms with Crippen molar-refractivity contribution in [2.24, 2.45) is 4.99 Å². The number of ether oxygens (including phenoxy) is 4. The van der Waals surface area contributed by atoms with E-state index in [2.05, 4.69) is 31.0 Å². The summed E-state index contributed by atoms with van der Waals surface area (Å²) in [6.45, 7) is 8.97. The standard InChI is InChI=1S/C36H38N2O6S/c1-6-23(3)26-10-18-30(19-11-26)44-21-20-43-29-14-8-25(9-15-29)22-31-34(39)38-33(27-12-16-28(41-5)17-13-27)32(35(40)42-7-2)24(4)37-36(38)45-31/h8-19,22-23,33H,6-7,20-21H2,1-5H3/b31-22+. The van der Waals surface area contributed by atoms with Gasteiger partial charge in [-0.2, -0.15) is 0 Å². The zero-order chi connectivity index (χ0) is 31.9. The molecular weight excluding hydrogens is 588 g/mol. The van der Waals surface area contributed by atoms with Crippen molar-refractivity contribution in [2.75, 3.05) is 26.9 Å². The van der Waals surface area contributed by atoms with E-state index in [9.17, 15) is 9.59 Å². The first-order chi connectivity index (χ1) is 21.8. The van der Waals surface area contributed by atoms with E-state index in [1.54, 1.807) is 25.5 Å². The van der Waals surface area contributed by atoms with Gasteiger partial charge < -0.3 is 18.9 Å². The molecule has 0 fully saturated rings. The maximum absolute atomic E-state index is 13.8. The highest BCUT2D eigenvalue weighted by Crippen LogP contribution is 2.31. The molecule has 1 aliphatic rings. The maximum atomic E-state index is 13.8. The number of allylic oxidation sites excluding steroid dienone is 1. The number of aromatic nitrogens is 1. The normalized spacial score (nSPS) is 15.2. The highest BCUT2D eigenvalue weighted by atomic mass is 32.1. The van der Waals surface area contributed by atoms with E-state index in [4.69, 9.17) is 18.9 Å². The minimum Gasteiger partial charge on any atom is -0.497 e. The zero-order valence-corrected chi connectivity index (χ0v) is 27.1. The summed E-state index contributed by atoms with van der Waals surface area (Å²) in [5.74, 6) is 2.24. The van der Waals surface area contributed by atoms with Crippen LogP contribution in [0.25, 0.3) is 6.08 Å². The molecule has 234 valence electrons. The van der Waals surface area contributed by atoms with E-state index in [0.717, 1.165) is 23.3 Å². The summed E-state index contributed by atoms with van der Waals surface area (Å²) in [4.78, 5) is 32.1. The molecule has 3 aromatic carbocycles. The number of esters is 1. The number of rotatable bonds is 12. The zero-order valence-electron chi connectivity index (χ0n) is 26.2. The lowest BCUT2D eigenvalue weighted by atomic mass is 9.96. The Morgan fingerprint density at radius 1 is 0.933 bits per heavy atom. The minimum absolute atomic E-state index is 0.217. The first kappa shape index (κ1) is 31.8. The summed E-state index contributed by atoms with van der Waals surface area (Å²) in [7, 11) is 1.59. The Morgan fingerprint density at radius 2 is 1.53 bits per heavy atom. The van der Waals surface area contributed by atoms with Gasteiger partial charge in [0, 0.05) is 0 Å². The van der Waals surface area contributed by atoms with Gasteiger partial charge in [0.15, 0.2) is 4.80 Å². The molecule has 1 aromatic heterocycles. The summed E-state index contributed by atoms with van der Waals surface area (Å²) in [5, 5.41) is 0. The molecular formula is C36H38N2O6S. The molecule has 0 bridgehead atoms. The van der Waals surface area contributed by atoms with Gasteiger partial charge in [0.05, 0.1) is 35.6 Å². The molecule has 0 saturated heterocycles. The largest absolute Gasteiger partial charge is 0.497 e. The summed E-state index contributed by atoms with van der Waals surface area (Å²) >= 11 is 1.29. The van der Waals surface area contributed by atoms with Gasteiger partial charge in [0.25, 0.3) is 5.56 Å². The second-order valence-electron chi connectivity index (χ2n) is 10.7. The molecule has 2 unspecified atom stereocenters. The highest BCUT2D eigenvalue weighted by molar-refractivity contribution is 7.07. The quantitative estimate of drug-likeness (QED) is 0.146. The summed E-state index contributed by atoms with van der Waals surface area (Å²) < 4.78 is 24.5. The molecule has 5 rings (SSSR count). The number of nitrogens with zero attached hydrogens (tertiary/aromatic N) is 2. The Balaban J connectivity index is 1.32. The number of benzene rings is 3. The van der Waals surface area contributed by atoms with Gasteiger partial charge in [0.2, 0.25) is 0 Å². The van der Waals surface area contributed by atoms with Crippen molar-refractivity contribution in [3.63, 3.8) is 0 Å². The van der Waals surface area contributed by atoms with Crippen LogP contribution in [0.3, 0.4) is 0 Å². The number of hydrogen-bond acceptors (Lipinski definition) is 8. The van der Waals surface area contributed by atoms with Crippen molar-refractivity contribution in [3.05, 3.63) is 120 Å². The van der Waals surface area contributed by atoms with Crippen molar-refractivity contribution in [1.29, 1.82) is 0 Å². The van der Waals surface area contributed by atoms with Crippen LogP contribution < -0.4 is 29.1 Å². The van der Waals surface area contributed by atoms with Crippen molar-refractivity contribution in [2.45, 2.75) is 46.1 Å². The van der Waals surface area contributed by atoms with Gasteiger partial charge in [-0.05, 0) is 85.4 Å². The molecule has 0 radical (unpaired) electrons. The van der Waals surface area contributed by atoms with Gasteiger partial charge in [0.1, 0.15) is 30.5 Å². The summed E-state index contributed by atoms with van der Waals surface area (Å²) in [6, 6.07) is 22.4. The average Bonchev–Trinajstić information content (AvgIpc) is 3.36. The molecule has 1 aliphatic heterocycles. The van der Waals surface area contributed by atoms with Gasteiger partial charge in [-0.15, -0.1) is 0 Å². The van der Waals surface area contributed by atoms with Crippen molar-refractivity contribution in [1.82, 2.24) is 4.57 Å². The fraction of sp³-hybridized carbons (Fsp3) is 0.306. The lowest BCUT2D eigenvalue weighted by Crippen LogP contribution is -2.39. The van der Waals surface area contributed by atoms with Crippen molar-refractivity contribution < 1.29 is 23.7 Å². The number of fused-ring (bicyclic) bond motifs is 1. The van der Waals surface area contributed by atoms with Crippen LogP contribution in [0.2, 0.25) is 0 Å². The molecule has 0 aliphatic carbocycles. The lowest BCUT2D eigenvalue weighted by molar-refractivity contribution is -0.139. The second kappa shape index (κ2) is 14.4. The maximum Gasteiger partial charge on any atom is 0.338 e. The van der Waals surface area contributed by atoms with Crippen LogP contribution in [0.1, 0.15) is 62.8 Å². The van der Waals surface area contributed by atoms with E-state index >= 15 is 0 Å². The van der Waals surface area contributed by atoms with E-state index in [1.807, 2.05) is 66.7 Å². The Bertz CT molecular complexity index is 1840. The molecule has 45 heavy (non-hydrogen) atoms. The van der Waals surface area contributed by atoms with Gasteiger partial charge >= 0.3 is 5.97 Å². The third-order valence-corrected chi connectivity index (χ3v) is 8.79. The molecule has 0 N–H and O–H groups in total. The molecule has 8 nitrogen and oxygen atoms in total. The van der Waals surface area contributed by atoms with Gasteiger partial charge in [-0.1, -0.05) is 61.6 Å². The van der Waals surface area contributed by atoms with Crippen LogP contribution in [0.4, 0.5) is 0 Å².